The summed E-state index contributed by atoms with van der Waals surface area (Å²) in [4.78, 5) is 45.0. The Hall–Kier alpha value is -2.98. The summed E-state index contributed by atoms with van der Waals surface area (Å²) in [7, 11) is 1.75. The van der Waals surface area contributed by atoms with E-state index in [1.165, 1.54) is 11.3 Å². The molecule has 1 aromatic heterocycles. The third-order valence-corrected chi connectivity index (χ3v) is 7.88. The molecular weight excluding hydrogens is 566 g/mol. The molecule has 0 aliphatic carbocycles. The van der Waals surface area contributed by atoms with Crippen molar-refractivity contribution >= 4 is 29.3 Å². The van der Waals surface area contributed by atoms with Crippen LogP contribution >= 0.6 is 11.3 Å². The quantitative estimate of drug-likeness (QED) is 0.206. The topological polar surface area (TPSA) is 107 Å². The van der Waals surface area contributed by atoms with Crippen molar-refractivity contribution in [1.82, 2.24) is 15.2 Å². The fraction of sp³-hybridized carbons (Fsp3) is 0.636. The Morgan fingerprint density at radius 3 is 2.30 bits per heavy atom. The number of hydrogen-bond acceptors (Lipinski definition) is 8. The van der Waals surface area contributed by atoms with E-state index in [4.69, 9.17) is 19.2 Å². The molecular formula is C33H51N3O6S. The number of ether oxygens (including phenoxy) is 3. The second-order valence-electron chi connectivity index (χ2n) is 12.3. The zero-order valence-corrected chi connectivity index (χ0v) is 28.2. The molecule has 0 saturated heterocycles. The second-order valence-corrected chi connectivity index (χ2v) is 13.2. The van der Waals surface area contributed by atoms with Crippen LogP contribution in [0.15, 0.2) is 35.7 Å². The molecule has 1 aromatic carbocycles. The number of benzene rings is 1. The summed E-state index contributed by atoms with van der Waals surface area (Å²) < 4.78 is 17.1. The summed E-state index contributed by atoms with van der Waals surface area (Å²) >= 11 is 1.37. The van der Waals surface area contributed by atoms with Crippen LogP contribution in [-0.4, -0.2) is 65.8 Å². The predicted octanol–water partition coefficient (Wildman–Crippen LogP) is 6.82. The highest BCUT2D eigenvalue weighted by Crippen LogP contribution is 2.31. The van der Waals surface area contributed by atoms with Crippen LogP contribution in [0.1, 0.15) is 102 Å². The van der Waals surface area contributed by atoms with E-state index in [-0.39, 0.29) is 41.9 Å². The Kier molecular flexibility index (Phi) is 14.6. The number of rotatable bonds is 16. The number of nitrogens with one attached hydrogen (secondary N) is 1. The first kappa shape index (κ1) is 36.2. The van der Waals surface area contributed by atoms with Gasteiger partial charge in [-0.2, -0.15) is 0 Å². The monoisotopic (exact) mass is 617 g/mol. The number of esters is 1. The lowest BCUT2D eigenvalue weighted by atomic mass is 9.96. The molecule has 4 atom stereocenters. The highest BCUT2D eigenvalue weighted by Gasteiger charge is 2.32. The van der Waals surface area contributed by atoms with Crippen molar-refractivity contribution in [3.05, 3.63) is 52.0 Å². The average Bonchev–Trinajstić information content (AvgIpc) is 3.43. The van der Waals surface area contributed by atoms with Crippen molar-refractivity contribution in [1.29, 1.82) is 0 Å². The summed E-state index contributed by atoms with van der Waals surface area (Å²) in [6.07, 6.45) is 1.56. The Balaban J connectivity index is 2.24. The Morgan fingerprint density at radius 1 is 1.05 bits per heavy atom. The second kappa shape index (κ2) is 17.3. The number of carbonyl (C=O) groups is 3. The summed E-state index contributed by atoms with van der Waals surface area (Å²) in [6.45, 7) is 16.1. The zero-order valence-electron chi connectivity index (χ0n) is 27.3. The van der Waals surface area contributed by atoms with Crippen molar-refractivity contribution in [2.45, 2.75) is 105 Å². The third kappa shape index (κ3) is 12.3. The molecule has 1 N–H and O–H groups in total. The Labute approximate surface area is 261 Å². The van der Waals surface area contributed by atoms with Crippen LogP contribution in [0.25, 0.3) is 0 Å². The molecule has 43 heavy (non-hydrogen) atoms. The maximum absolute atomic E-state index is 13.4. The molecule has 0 saturated carbocycles. The van der Waals surface area contributed by atoms with Gasteiger partial charge < -0.3 is 24.4 Å². The summed E-state index contributed by atoms with van der Waals surface area (Å²) in [5.74, 6) is -0.826. The molecule has 0 fully saturated rings. The van der Waals surface area contributed by atoms with E-state index >= 15 is 0 Å². The van der Waals surface area contributed by atoms with E-state index in [9.17, 15) is 14.4 Å². The largest absolute Gasteiger partial charge is 0.466 e. The first-order valence-corrected chi connectivity index (χ1v) is 16.2. The number of nitrogens with zero attached hydrogens (tertiary/aromatic N) is 2. The van der Waals surface area contributed by atoms with Crippen LogP contribution in [0.5, 0.6) is 0 Å². The Bertz CT molecular complexity index is 1150. The molecule has 240 valence electrons. The van der Waals surface area contributed by atoms with E-state index in [0.29, 0.717) is 43.2 Å². The minimum absolute atomic E-state index is 0.133. The molecule has 0 spiro atoms. The fourth-order valence-electron chi connectivity index (χ4n) is 4.76. The molecule has 10 heteroatoms. The van der Waals surface area contributed by atoms with E-state index < -0.39 is 11.7 Å². The highest BCUT2D eigenvalue weighted by atomic mass is 32.1. The van der Waals surface area contributed by atoms with E-state index in [0.717, 1.165) is 12.0 Å². The summed E-state index contributed by atoms with van der Waals surface area (Å²) in [6, 6.07) is 9.40. The zero-order chi connectivity index (χ0) is 32.2. The van der Waals surface area contributed by atoms with Gasteiger partial charge in [0.2, 0.25) is 0 Å². The van der Waals surface area contributed by atoms with Crippen molar-refractivity contribution in [2.24, 2.45) is 11.8 Å². The lowest BCUT2D eigenvalue weighted by molar-refractivity contribution is -0.147. The van der Waals surface area contributed by atoms with Gasteiger partial charge in [-0.3, -0.25) is 9.59 Å². The van der Waals surface area contributed by atoms with Crippen LogP contribution in [-0.2, 0) is 25.4 Å². The van der Waals surface area contributed by atoms with Crippen LogP contribution in [0.4, 0.5) is 4.79 Å². The van der Waals surface area contributed by atoms with Crippen molar-refractivity contribution in [3.8, 4) is 0 Å². The molecule has 0 bridgehead atoms. The normalized spacial score (nSPS) is 14.5. The first-order chi connectivity index (χ1) is 20.2. The van der Waals surface area contributed by atoms with Gasteiger partial charge in [-0.05, 0) is 58.4 Å². The van der Waals surface area contributed by atoms with Crippen molar-refractivity contribution in [2.75, 3.05) is 20.3 Å². The predicted molar refractivity (Wildman–Crippen MR) is 170 cm³/mol. The van der Waals surface area contributed by atoms with Gasteiger partial charge >= 0.3 is 12.1 Å². The fourth-order valence-corrected chi connectivity index (χ4v) is 5.62. The maximum atomic E-state index is 13.4. The SMILES string of the molecule is CCCO[C@H](C[C@H](C(C)C)N(C)C(=O)OC(C)(C)C)c1nc(C(=O)N[C@@H](Cc2ccccc2)C[C@H](C)C(=O)OCC)cs1. The van der Waals surface area contributed by atoms with E-state index in [1.54, 1.807) is 24.3 Å². The van der Waals surface area contributed by atoms with Crippen molar-refractivity contribution < 1.29 is 28.6 Å². The molecule has 2 rings (SSSR count). The molecule has 0 aliphatic heterocycles. The minimum atomic E-state index is -0.602. The molecule has 0 unspecified atom stereocenters. The number of amides is 2. The van der Waals surface area contributed by atoms with Gasteiger partial charge in [0.15, 0.2) is 0 Å². The lowest BCUT2D eigenvalue weighted by Crippen LogP contribution is -2.44. The molecule has 9 nitrogen and oxygen atoms in total. The minimum Gasteiger partial charge on any atom is -0.466 e. The number of thiazole rings is 1. The van der Waals surface area contributed by atoms with Gasteiger partial charge in [0.25, 0.3) is 5.91 Å². The third-order valence-electron chi connectivity index (χ3n) is 6.94. The first-order valence-electron chi connectivity index (χ1n) is 15.3. The molecule has 2 aromatic rings. The van der Waals surface area contributed by atoms with Gasteiger partial charge in [0, 0.05) is 37.5 Å². The maximum Gasteiger partial charge on any atom is 0.410 e. The van der Waals surface area contributed by atoms with Gasteiger partial charge in [0.05, 0.1) is 12.5 Å². The molecule has 1 heterocycles. The summed E-state index contributed by atoms with van der Waals surface area (Å²) in [5.41, 5.74) is 0.757. The van der Waals surface area contributed by atoms with Crippen LogP contribution in [0, 0.1) is 11.8 Å². The van der Waals surface area contributed by atoms with Crippen molar-refractivity contribution in [3.63, 3.8) is 0 Å². The number of aromatic nitrogens is 1. The molecule has 2 amide bonds. The van der Waals surface area contributed by atoms with Crippen LogP contribution in [0.2, 0.25) is 0 Å². The van der Waals surface area contributed by atoms with Crippen LogP contribution < -0.4 is 5.32 Å². The average molecular weight is 618 g/mol. The van der Waals surface area contributed by atoms with Gasteiger partial charge in [-0.25, -0.2) is 9.78 Å². The smallest absolute Gasteiger partial charge is 0.410 e. The molecule has 0 radical (unpaired) electrons. The van der Waals surface area contributed by atoms with Gasteiger partial charge in [0.1, 0.15) is 22.4 Å². The number of hydrogen-bond donors (Lipinski definition) is 1. The van der Waals surface area contributed by atoms with Gasteiger partial charge in [-0.15, -0.1) is 11.3 Å². The summed E-state index contributed by atoms with van der Waals surface area (Å²) in [5, 5.41) is 5.53. The lowest BCUT2D eigenvalue weighted by Gasteiger charge is -2.34. The standard InChI is InChI=1S/C33H51N3O6S/c1-10-17-41-28(20-27(22(3)4)36(9)32(39)42-33(6,7)8)30-35-26(21-43-30)29(37)34-25(18-23(5)31(38)40-11-2)19-24-15-13-12-14-16-24/h12-16,21-23,25,27-28H,10-11,17-20H2,1-9H3,(H,34,37)/t23-,25+,27+,28+/m0/s1. The van der Waals surface area contributed by atoms with E-state index in [2.05, 4.69) is 19.2 Å². The highest BCUT2D eigenvalue weighted by molar-refractivity contribution is 7.09. The van der Waals surface area contributed by atoms with Gasteiger partial charge in [-0.1, -0.05) is 58.0 Å². The molecule has 0 aliphatic rings. The number of carbonyl (C=O) groups excluding carboxylic acids is 3. The van der Waals surface area contributed by atoms with E-state index in [1.807, 2.05) is 65.0 Å². The van der Waals surface area contributed by atoms with Crippen LogP contribution in [0.3, 0.4) is 0 Å². The Morgan fingerprint density at radius 2 is 1.72 bits per heavy atom.